The first-order valence-corrected chi connectivity index (χ1v) is 18.3. The predicted octanol–water partition coefficient (Wildman–Crippen LogP) is 13.6. The van der Waals surface area contributed by atoms with Gasteiger partial charge in [-0.15, -0.1) is 11.3 Å². The quantitative estimate of drug-likeness (QED) is 0.171. The van der Waals surface area contributed by atoms with E-state index < -0.39 is 5.41 Å². The molecule has 10 rings (SSSR count). The number of fused-ring (bicyclic) bond motifs is 6. The first-order valence-electron chi connectivity index (χ1n) is 17.5. The molecule has 0 aliphatic heterocycles. The Morgan fingerprint density at radius 3 is 1.73 bits per heavy atom. The van der Waals surface area contributed by atoms with Crippen LogP contribution in [-0.2, 0) is 5.41 Å². The van der Waals surface area contributed by atoms with E-state index in [1.807, 2.05) is 11.3 Å². The van der Waals surface area contributed by atoms with Crippen molar-refractivity contribution in [3.63, 3.8) is 0 Å². The third kappa shape index (κ3) is 4.61. The van der Waals surface area contributed by atoms with Gasteiger partial charge in [0.2, 0.25) is 0 Å². The average Bonchev–Trinajstić information content (AvgIpc) is 3.73. The Morgan fingerprint density at radius 1 is 0.373 bits per heavy atom. The highest BCUT2D eigenvalue weighted by Crippen LogP contribution is 2.57. The Kier molecular flexibility index (Phi) is 6.97. The molecule has 240 valence electrons. The molecule has 1 aliphatic carbocycles. The first kappa shape index (κ1) is 29.7. The number of rotatable bonds is 6. The van der Waals surface area contributed by atoms with Gasteiger partial charge in [0.25, 0.3) is 0 Å². The Hall–Kier alpha value is -6.22. The molecule has 1 heterocycles. The summed E-state index contributed by atoms with van der Waals surface area (Å²) in [4.78, 5) is 2.44. The van der Waals surface area contributed by atoms with Crippen LogP contribution < -0.4 is 4.90 Å². The number of hydrogen-bond donors (Lipinski definition) is 0. The molecule has 51 heavy (non-hydrogen) atoms. The summed E-state index contributed by atoms with van der Waals surface area (Å²) in [6.07, 6.45) is 0. The lowest BCUT2D eigenvalue weighted by Gasteiger charge is -2.35. The lowest BCUT2D eigenvalue weighted by Crippen LogP contribution is -2.28. The molecule has 0 radical (unpaired) electrons. The summed E-state index contributed by atoms with van der Waals surface area (Å²) in [5, 5.41) is 2.62. The van der Waals surface area contributed by atoms with E-state index >= 15 is 0 Å². The summed E-state index contributed by atoms with van der Waals surface area (Å²) in [7, 11) is 0. The normalized spacial score (nSPS) is 12.9. The molecule has 0 unspecified atom stereocenters. The molecule has 0 saturated carbocycles. The highest BCUT2D eigenvalue weighted by Gasteiger charge is 2.46. The van der Waals surface area contributed by atoms with Crippen molar-refractivity contribution in [1.29, 1.82) is 0 Å². The van der Waals surface area contributed by atoms with Gasteiger partial charge in [0.05, 0.1) is 11.1 Å². The molecule has 0 fully saturated rings. The van der Waals surface area contributed by atoms with E-state index in [0.717, 1.165) is 17.1 Å². The molecule has 0 amide bonds. The van der Waals surface area contributed by atoms with Gasteiger partial charge in [-0.1, -0.05) is 152 Å². The van der Waals surface area contributed by atoms with Gasteiger partial charge in [-0.2, -0.15) is 0 Å². The molecule has 0 atom stereocenters. The van der Waals surface area contributed by atoms with Crippen molar-refractivity contribution in [3.8, 4) is 22.3 Å². The van der Waals surface area contributed by atoms with Crippen LogP contribution in [0.25, 0.3) is 42.4 Å². The zero-order chi connectivity index (χ0) is 33.8. The largest absolute Gasteiger partial charge is 0.310 e. The van der Waals surface area contributed by atoms with E-state index in [4.69, 9.17) is 0 Å². The minimum Gasteiger partial charge on any atom is -0.310 e. The van der Waals surface area contributed by atoms with Crippen molar-refractivity contribution >= 4 is 48.6 Å². The third-order valence-corrected chi connectivity index (χ3v) is 11.7. The molecule has 1 nitrogen and oxygen atoms in total. The molecule has 0 saturated heterocycles. The zero-order valence-corrected chi connectivity index (χ0v) is 28.7. The van der Waals surface area contributed by atoms with Crippen LogP contribution in [0.5, 0.6) is 0 Å². The highest BCUT2D eigenvalue weighted by molar-refractivity contribution is 7.25. The van der Waals surface area contributed by atoms with E-state index in [1.165, 1.54) is 64.7 Å². The molecule has 0 N–H and O–H groups in total. The van der Waals surface area contributed by atoms with E-state index in [0.29, 0.717) is 0 Å². The van der Waals surface area contributed by atoms with Crippen molar-refractivity contribution in [1.82, 2.24) is 0 Å². The summed E-state index contributed by atoms with van der Waals surface area (Å²) in [6, 6.07) is 73.5. The number of anilines is 3. The number of hydrogen-bond acceptors (Lipinski definition) is 2. The maximum absolute atomic E-state index is 2.45. The van der Waals surface area contributed by atoms with Gasteiger partial charge in [0, 0.05) is 37.1 Å². The summed E-state index contributed by atoms with van der Waals surface area (Å²) < 4.78 is 2.64. The predicted molar refractivity (Wildman–Crippen MR) is 217 cm³/mol. The van der Waals surface area contributed by atoms with Crippen molar-refractivity contribution in [2.24, 2.45) is 0 Å². The van der Waals surface area contributed by atoms with Gasteiger partial charge in [0.15, 0.2) is 0 Å². The first-order chi connectivity index (χ1) is 25.3. The van der Waals surface area contributed by atoms with E-state index in [1.54, 1.807) is 0 Å². The molecule has 0 bridgehead atoms. The second-order valence-corrected chi connectivity index (χ2v) is 14.3. The number of nitrogens with zero attached hydrogens (tertiary/aromatic N) is 1. The molecule has 2 heteroatoms. The molecule has 8 aromatic carbocycles. The molecule has 1 aromatic heterocycles. The van der Waals surface area contributed by atoms with Crippen LogP contribution in [-0.4, -0.2) is 0 Å². The van der Waals surface area contributed by atoms with Crippen LogP contribution in [0.3, 0.4) is 0 Å². The minimum atomic E-state index is -0.475. The Balaban J connectivity index is 1.23. The monoisotopic (exact) mass is 667 g/mol. The Labute approximate surface area is 302 Å². The van der Waals surface area contributed by atoms with Gasteiger partial charge >= 0.3 is 0 Å². The van der Waals surface area contributed by atoms with Crippen LogP contribution in [0.1, 0.15) is 22.3 Å². The van der Waals surface area contributed by atoms with Gasteiger partial charge in [0.1, 0.15) is 0 Å². The van der Waals surface area contributed by atoms with Crippen molar-refractivity contribution in [3.05, 3.63) is 222 Å². The second-order valence-electron chi connectivity index (χ2n) is 13.3. The maximum atomic E-state index is 2.45. The summed E-state index contributed by atoms with van der Waals surface area (Å²) in [5.41, 5.74) is 13.0. The highest BCUT2D eigenvalue weighted by atomic mass is 32.1. The topological polar surface area (TPSA) is 3.24 Å². The van der Waals surface area contributed by atoms with Crippen LogP contribution >= 0.6 is 11.3 Å². The van der Waals surface area contributed by atoms with Crippen molar-refractivity contribution < 1.29 is 0 Å². The molecular formula is C49H33NS. The summed E-state index contributed by atoms with van der Waals surface area (Å²) in [6.45, 7) is 0. The lowest BCUT2D eigenvalue weighted by atomic mass is 9.67. The summed E-state index contributed by atoms with van der Waals surface area (Å²) >= 11 is 1.86. The smallest absolute Gasteiger partial charge is 0.0714 e. The van der Waals surface area contributed by atoms with Gasteiger partial charge in [-0.3, -0.25) is 0 Å². The molecule has 0 spiro atoms. The molecule has 1 aliphatic rings. The van der Waals surface area contributed by atoms with Crippen LogP contribution in [0.2, 0.25) is 0 Å². The van der Waals surface area contributed by atoms with E-state index in [2.05, 4.69) is 205 Å². The van der Waals surface area contributed by atoms with Crippen LogP contribution in [0.4, 0.5) is 17.1 Å². The number of para-hydroxylation sites is 2. The fourth-order valence-corrected chi connectivity index (χ4v) is 9.47. The number of benzene rings is 8. The summed E-state index contributed by atoms with van der Waals surface area (Å²) in [5.74, 6) is 0. The van der Waals surface area contributed by atoms with Gasteiger partial charge < -0.3 is 4.90 Å². The number of thiophene rings is 1. The van der Waals surface area contributed by atoms with Crippen LogP contribution in [0.15, 0.2) is 200 Å². The van der Waals surface area contributed by atoms with E-state index in [9.17, 15) is 0 Å². The third-order valence-electron chi connectivity index (χ3n) is 10.5. The fraction of sp³-hybridized carbons (Fsp3) is 0.0204. The molecule has 9 aromatic rings. The van der Waals surface area contributed by atoms with Crippen molar-refractivity contribution in [2.75, 3.05) is 4.90 Å². The second kappa shape index (κ2) is 12.0. The SMILES string of the molecule is c1ccc(N(c2ccc3c(c2)C(c2ccccc2)(c2ccccc2)c2ccccc2-3)c2ccccc2-c2ccc3sc4ccccc4c3c2)cc1. The van der Waals surface area contributed by atoms with E-state index in [-0.39, 0.29) is 0 Å². The average molecular weight is 668 g/mol. The fourth-order valence-electron chi connectivity index (χ4n) is 8.38. The van der Waals surface area contributed by atoms with Gasteiger partial charge in [-0.05, 0) is 87.5 Å². The zero-order valence-electron chi connectivity index (χ0n) is 27.9. The van der Waals surface area contributed by atoms with Crippen molar-refractivity contribution in [2.45, 2.75) is 5.41 Å². The lowest BCUT2D eigenvalue weighted by molar-refractivity contribution is 0.768. The Bertz CT molecular complexity index is 2650. The Morgan fingerprint density at radius 2 is 0.961 bits per heavy atom. The minimum absolute atomic E-state index is 0.475. The maximum Gasteiger partial charge on any atom is 0.0714 e. The van der Waals surface area contributed by atoms with Crippen LogP contribution in [0, 0.1) is 0 Å². The molecular weight excluding hydrogens is 635 g/mol. The standard InChI is InChI=1S/C49H33NS/c1-4-16-35(17-5-1)49(36-18-6-2-7-19-36)44-25-13-10-23-40(44)41-30-29-38(33-45(41)49)50(37-20-8-3-9-21-37)46-26-14-11-22-39(46)34-28-31-48-43(32-34)42-24-12-15-27-47(42)51-48/h1-33H. The van der Waals surface area contributed by atoms with Gasteiger partial charge in [-0.25, -0.2) is 0 Å².